The summed E-state index contributed by atoms with van der Waals surface area (Å²) in [7, 11) is 0. The van der Waals surface area contributed by atoms with E-state index in [1.54, 1.807) is 24.3 Å². The average Bonchev–Trinajstić information content (AvgIpc) is 2.51. The van der Waals surface area contributed by atoms with Gasteiger partial charge in [0.25, 0.3) is 0 Å². The Morgan fingerprint density at radius 1 is 0.913 bits per heavy atom. The summed E-state index contributed by atoms with van der Waals surface area (Å²) >= 11 is 3.39. The molecule has 0 aliphatic heterocycles. The quantitative estimate of drug-likeness (QED) is 0.744. The molecule has 120 valence electrons. The van der Waals surface area contributed by atoms with Crippen LogP contribution in [0.15, 0.2) is 53.0 Å². The third-order valence-electron chi connectivity index (χ3n) is 3.08. The first-order valence-corrected chi connectivity index (χ1v) is 7.99. The van der Waals surface area contributed by atoms with Crippen LogP contribution in [0.2, 0.25) is 0 Å². The number of anilines is 2. The zero-order chi connectivity index (χ0) is 16.7. The van der Waals surface area contributed by atoms with Gasteiger partial charge in [0.05, 0.1) is 0 Å². The molecule has 2 aromatic carbocycles. The molecule has 0 heterocycles. The van der Waals surface area contributed by atoms with E-state index in [0.717, 1.165) is 16.5 Å². The molecule has 0 atom stereocenters. The minimum absolute atomic E-state index is 0.128. The Morgan fingerprint density at radius 2 is 1.48 bits per heavy atom. The highest BCUT2D eigenvalue weighted by Crippen LogP contribution is 2.13. The fraction of sp³-hybridized carbons (Fsp3) is 0.176. The number of hydrogen-bond acceptors (Lipinski definition) is 2. The number of amides is 3. The number of benzene rings is 2. The van der Waals surface area contributed by atoms with Gasteiger partial charge >= 0.3 is 6.03 Å². The predicted octanol–water partition coefficient (Wildman–Crippen LogP) is 3.77. The van der Waals surface area contributed by atoms with Gasteiger partial charge in [0.1, 0.15) is 0 Å². The van der Waals surface area contributed by atoms with E-state index in [4.69, 9.17) is 0 Å². The molecule has 0 saturated carbocycles. The second-order valence-electron chi connectivity index (χ2n) is 5.02. The Balaban J connectivity index is 1.76. The Kier molecular flexibility index (Phi) is 6.17. The summed E-state index contributed by atoms with van der Waals surface area (Å²) in [5.41, 5.74) is 2.52. The zero-order valence-electron chi connectivity index (χ0n) is 12.7. The van der Waals surface area contributed by atoms with Crippen LogP contribution in [0, 0.1) is 0 Å². The standard InChI is InChI=1S/C17H18BrN3O2/c1-12(22)20-15-6-8-16(9-7-15)21-17(23)19-11-10-13-2-4-14(18)5-3-13/h2-9H,10-11H2,1H3,(H,20,22)(H2,19,21,23). The van der Waals surface area contributed by atoms with E-state index in [0.29, 0.717) is 17.9 Å². The van der Waals surface area contributed by atoms with E-state index in [1.165, 1.54) is 6.92 Å². The number of rotatable bonds is 5. The van der Waals surface area contributed by atoms with Crippen LogP contribution >= 0.6 is 15.9 Å². The number of hydrogen-bond donors (Lipinski definition) is 3. The summed E-state index contributed by atoms with van der Waals surface area (Å²) in [6.45, 7) is 2.00. The summed E-state index contributed by atoms with van der Waals surface area (Å²) in [4.78, 5) is 22.8. The minimum atomic E-state index is -0.255. The monoisotopic (exact) mass is 375 g/mol. The molecule has 0 aromatic heterocycles. The van der Waals surface area contributed by atoms with Gasteiger partial charge in [-0.3, -0.25) is 4.79 Å². The van der Waals surface area contributed by atoms with Gasteiger partial charge < -0.3 is 16.0 Å². The summed E-state index contributed by atoms with van der Waals surface area (Å²) in [5.74, 6) is -0.128. The van der Waals surface area contributed by atoms with E-state index in [9.17, 15) is 9.59 Å². The van der Waals surface area contributed by atoms with Crippen molar-refractivity contribution in [2.24, 2.45) is 0 Å². The summed E-state index contributed by atoms with van der Waals surface area (Å²) < 4.78 is 1.04. The Labute approximate surface area is 143 Å². The van der Waals surface area contributed by atoms with Crippen molar-refractivity contribution in [3.8, 4) is 0 Å². The normalized spacial score (nSPS) is 10.0. The van der Waals surface area contributed by atoms with Crippen LogP contribution in [0.25, 0.3) is 0 Å². The first-order valence-electron chi connectivity index (χ1n) is 7.20. The lowest BCUT2D eigenvalue weighted by Gasteiger charge is -2.09. The van der Waals surface area contributed by atoms with Crippen molar-refractivity contribution in [1.82, 2.24) is 5.32 Å². The lowest BCUT2D eigenvalue weighted by molar-refractivity contribution is -0.114. The highest BCUT2D eigenvalue weighted by Gasteiger charge is 2.02. The number of nitrogens with one attached hydrogen (secondary N) is 3. The average molecular weight is 376 g/mol. The van der Waals surface area contributed by atoms with Gasteiger partial charge in [0, 0.05) is 29.3 Å². The Bertz CT molecular complexity index is 669. The van der Waals surface area contributed by atoms with Gasteiger partial charge in [-0.2, -0.15) is 0 Å². The van der Waals surface area contributed by atoms with Gasteiger partial charge in [0.2, 0.25) is 5.91 Å². The third kappa shape index (κ3) is 6.12. The van der Waals surface area contributed by atoms with Crippen molar-refractivity contribution in [2.75, 3.05) is 17.2 Å². The second kappa shape index (κ2) is 8.33. The maximum absolute atomic E-state index is 11.8. The number of urea groups is 1. The minimum Gasteiger partial charge on any atom is -0.338 e. The fourth-order valence-electron chi connectivity index (χ4n) is 1.99. The van der Waals surface area contributed by atoms with Crippen LogP contribution in [0.3, 0.4) is 0 Å². The zero-order valence-corrected chi connectivity index (χ0v) is 14.3. The van der Waals surface area contributed by atoms with E-state index in [-0.39, 0.29) is 11.9 Å². The maximum Gasteiger partial charge on any atom is 0.319 e. The van der Waals surface area contributed by atoms with Crippen molar-refractivity contribution >= 4 is 39.2 Å². The van der Waals surface area contributed by atoms with Crippen molar-refractivity contribution in [2.45, 2.75) is 13.3 Å². The SMILES string of the molecule is CC(=O)Nc1ccc(NC(=O)NCCc2ccc(Br)cc2)cc1. The second-order valence-corrected chi connectivity index (χ2v) is 5.93. The predicted molar refractivity (Wildman–Crippen MR) is 95.6 cm³/mol. The van der Waals surface area contributed by atoms with E-state index in [2.05, 4.69) is 31.9 Å². The van der Waals surface area contributed by atoms with Crippen molar-refractivity contribution in [1.29, 1.82) is 0 Å². The Morgan fingerprint density at radius 3 is 2.04 bits per heavy atom. The highest BCUT2D eigenvalue weighted by molar-refractivity contribution is 9.10. The molecule has 0 saturated heterocycles. The summed E-state index contributed by atoms with van der Waals surface area (Å²) in [6, 6.07) is 14.7. The van der Waals surface area contributed by atoms with E-state index >= 15 is 0 Å². The molecule has 0 spiro atoms. The molecule has 5 nitrogen and oxygen atoms in total. The molecule has 0 bridgehead atoms. The van der Waals surface area contributed by atoms with Gasteiger partial charge in [0.15, 0.2) is 0 Å². The van der Waals surface area contributed by atoms with Crippen LogP contribution in [0.4, 0.5) is 16.2 Å². The van der Waals surface area contributed by atoms with Gasteiger partial charge in [-0.1, -0.05) is 28.1 Å². The van der Waals surface area contributed by atoms with Crippen LogP contribution < -0.4 is 16.0 Å². The smallest absolute Gasteiger partial charge is 0.319 e. The molecule has 2 aromatic rings. The maximum atomic E-state index is 11.8. The van der Waals surface area contributed by atoms with Crippen molar-refractivity contribution < 1.29 is 9.59 Å². The number of carbonyl (C=O) groups is 2. The molecule has 0 unspecified atom stereocenters. The fourth-order valence-corrected chi connectivity index (χ4v) is 2.25. The largest absolute Gasteiger partial charge is 0.338 e. The van der Waals surface area contributed by atoms with E-state index < -0.39 is 0 Å². The molecular weight excluding hydrogens is 358 g/mol. The van der Waals surface area contributed by atoms with Crippen LogP contribution in [0.1, 0.15) is 12.5 Å². The molecule has 0 fully saturated rings. The van der Waals surface area contributed by atoms with Gasteiger partial charge in [-0.05, 0) is 48.4 Å². The molecular formula is C17H18BrN3O2. The molecule has 2 rings (SSSR count). The molecule has 6 heteroatoms. The van der Waals surface area contributed by atoms with Crippen molar-refractivity contribution in [3.05, 3.63) is 58.6 Å². The Hall–Kier alpha value is -2.34. The molecule has 0 aliphatic carbocycles. The topological polar surface area (TPSA) is 70.2 Å². The highest BCUT2D eigenvalue weighted by atomic mass is 79.9. The first kappa shape index (κ1) is 17.0. The van der Waals surface area contributed by atoms with Crippen LogP contribution in [0.5, 0.6) is 0 Å². The van der Waals surface area contributed by atoms with E-state index in [1.807, 2.05) is 24.3 Å². The van der Waals surface area contributed by atoms with Crippen molar-refractivity contribution in [3.63, 3.8) is 0 Å². The molecule has 0 radical (unpaired) electrons. The molecule has 3 amide bonds. The molecule has 23 heavy (non-hydrogen) atoms. The molecule has 3 N–H and O–H groups in total. The third-order valence-corrected chi connectivity index (χ3v) is 3.60. The first-order chi connectivity index (χ1) is 11.0. The van der Waals surface area contributed by atoms with Crippen LogP contribution in [-0.2, 0) is 11.2 Å². The molecule has 0 aliphatic rings. The number of carbonyl (C=O) groups excluding carboxylic acids is 2. The lowest BCUT2D eigenvalue weighted by Crippen LogP contribution is -2.30. The van der Waals surface area contributed by atoms with Gasteiger partial charge in [-0.15, -0.1) is 0 Å². The summed E-state index contributed by atoms with van der Waals surface area (Å²) in [6.07, 6.45) is 0.766. The number of halogens is 1. The summed E-state index contributed by atoms with van der Waals surface area (Å²) in [5, 5.41) is 8.23. The lowest BCUT2D eigenvalue weighted by atomic mass is 10.1. The van der Waals surface area contributed by atoms with Gasteiger partial charge in [-0.25, -0.2) is 4.79 Å². The van der Waals surface area contributed by atoms with Crippen LogP contribution in [-0.4, -0.2) is 18.5 Å².